The summed E-state index contributed by atoms with van der Waals surface area (Å²) in [6.07, 6.45) is -6.19. The summed E-state index contributed by atoms with van der Waals surface area (Å²) >= 11 is 0. The number of amides is 1. The molecule has 2 N–H and O–H groups in total. The largest absolute Gasteiger partial charge is 0.497 e. The molecule has 3 rings (SSSR count). The molecule has 6 nitrogen and oxygen atoms in total. The number of rotatable bonds is 9. The van der Waals surface area contributed by atoms with Crippen molar-refractivity contribution in [2.24, 2.45) is 5.73 Å². The van der Waals surface area contributed by atoms with E-state index < -0.39 is 35.1 Å². The summed E-state index contributed by atoms with van der Waals surface area (Å²) in [4.78, 5) is 24.5. The molecule has 3 aromatic carbocycles. The van der Waals surface area contributed by atoms with Crippen LogP contribution < -0.4 is 19.9 Å². The average Bonchev–Trinajstić information content (AvgIpc) is 2.83. The predicted octanol–water partition coefficient (Wildman–Crippen LogP) is 5.67. The molecule has 0 aliphatic heterocycles. The Morgan fingerprint density at radius 1 is 0.833 bits per heavy atom. The molecule has 36 heavy (non-hydrogen) atoms. The second-order valence-electron chi connectivity index (χ2n) is 7.57. The van der Waals surface area contributed by atoms with Gasteiger partial charge in [-0.05, 0) is 42.0 Å². The first-order valence-electron chi connectivity index (χ1n) is 10.3. The van der Waals surface area contributed by atoms with E-state index in [2.05, 4.69) is 0 Å². The van der Waals surface area contributed by atoms with Crippen molar-refractivity contribution >= 4 is 11.7 Å². The van der Waals surface area contributed by atoms with Gasteiger partial charge in [0, 0.05) is 23.6 Å². The number of hydrogen-bond donors (Lipinski definition) is 1. The Hall–Kier alpha value is -4.15. The molecule has 0 spiro atoms. The van der Waals surface area contributed by atoms with E-state index in [9.17, 15) is 31.5 Å². The summed E-state index contributed by atoms with van der Waals surface area (Å²) in [6, 6.07) is 11.8. The Kier molecular flexibility index (Phi) is 7.51. The Morgan fingerprint density at radius 2 is 1.56 bits per heavy atom. The molecule has 0 fully saturated rings. The van der Waals surface area contributed by atoms with Crippen LogP contribution in [0.5, 0.6) is 23.0 Å². The second-order valence-corrected chi connectivity index (χ2v) is 7.57. The third-order valence-corrected chi connectivity index (χ3v) is 5.17. The molecule has 1 amide bonds. The number of ether oxygens (including phenoxy) is 3. The predicted molar refractivity (Wildman–Crippen MR) is 119 cm³/mol. The van der Waals surface area contributed by atoms with Crippen LogP contribution in [0.15, 0.2) is 60.7 Å². The van der Waals surface area contributed by atoms with Gasteiger partial charge >= 0.3 is 12.1 Å². The van der Waals surface area contributed by atoms with Crippen LogP contribution in [0.25, 0.3) is 0 Å². The molecular formula is C25H20F5NO5. The van der Waals surface area contributed by atoms with Gasteiger partial charge in [0.25, 0.3) is 0 Å². The molecule has 0 aromatic heterocycles. The lowest BCUT2D eigenvalue weighted by atomic mass is 9.98. The summed E-state index contributed by atoms with van der Waals surface area (Å²) in [5, 5.41) is 0. The van der Waals surface area contributed by atoms with Gasteiger partial charge in [0.2, 0.25) is 5.91 Å². The van der Waals surface area contributed by atoms with E-state index in [0.29, 0.717) is 23.4 Å². The number of primary amides is 1. The fraction of sp³-hybridized carbons (Fsp3) is 0.200. The van der Waals surface area contributed by atoms with Gasteiger partial charge in [0.05, 0.1) is 19.8 Å². The van der Waals surface area contributed by atoms with Gasteiger partial charge < -0.3 is 19.9 Å². The van der Waals surface area contributed by atoms with Crippen molar-refractivity contribution in [3.05, 3.63) is 82.9 Å². The Morgan fingerprint density at radius 3 is 2.17 bits per heavy atom. The fourth-order valence-electron chi connectivity index (χ4n) is 3.29. The number of methoxy groups -OCH3 is 2. The molecule has 0 unspecified atom stereocenters. The maximum absolute atomic E-state index is 14.1. The number of carbonyl (C=O) groups excluding carboxylic acids is 2. The van der Waals surface area contributed by atoms with Crippen LogP contribution in [0.3, 0.4) is 0 Å². The van der Waals surface area contributed by atoms with Crippen molar-refractivity contribution in [3.63, 3.8) is 0 Å². The smallest absolute Gasteiger partial charge is 0.458 e. The van der Waals surface area contributed by atoms with Gasteiger partial charge in [-0.3, -0.25) is 9.59 Å². The SMILES string of the molecule is COc1ccc(Oc2cc(C(F)(F)C(F)(F)F)ccc2C(=O)Cc2cccc(C(N)=O)c2)c(OC)c1. The van der Waals surface area contributed by atoms with Gasteiger partial charge in [0.1, 0.15) is 11.5 Å². The highest BCUT2D eigenvalue weighted by Gasteiger charge is 2.58. The lowest BCUT2D eigenvalue weighted by molar-refractivity contribution is -0.289. The zero-order valence-corrected chi connectivity index (χ0v) is 19.0. The summed E-state index contributed by atoms with van der Waals surface area (Å²) in [6.45, 7) is 0. The molecule has 190 valence electrons. The van der Waals surface area contributed by atoms with E-state index in [1.807, 2.05) is 0 Å². The number of Topliss-reactive ketones (excluding diaryl/α,β-unsaturated/α-hetero) is 1. The van der Waals surface area contributed by atoms with Crippen LogP contribution in [0.2, 0.25) is 0 Å². The summed E-state index contributed by atoms with van der Waals surface area (Å²) in [5.41, 5.74) is 4.08. The molecule has 0 saturated carbocycles. The minimum absolute atomic E-state index is 0.0597. The number of carbonyl (C=O) groups is 2. The second kappa shape index (κ2) is 10.2. The Bertz CT molecular complexity index is 1290. The first-order valence-corrected chi connectivity index (χ1v) is 10.3. The van der Waals surface area contributed by atoms with Crippen LogP contribution >= 0.6 is 0 Å². The number of benzene rings is 3. The van der Waals surface area contributed by atoms with E-state index >= 15 is 0 Å². The number of alkyl halides is 5. The van der Waals surface area contributed by atoms with Crippen molar-refractivity contribution in [2.45, 2.75) is 18.5 Å². The molecule has 0 aliphatic rings. The molecule has 0 saturated heterocycles. The highest BCUT2D eigenvalue weighted by atomic mass is 19.4. The number of hydrogen-bond acceptors (Lipinski definition) is 5. The van der Waals surface area contributed by atoms with E-state index in [1.165, 1.54) is 56.7 Å². The standard InChI is InChI=1S/C25H20F5NO5/c1-34-17-7-9-20(22(13-17)35-2)36-21-12-16(24(26,27)25(28,29)30)6-8-18(21)19(32)11-14-4-3-5-15(10-14)23(31)33/h3-10,12-13H,11H2,1-2H3,(H2,31,33). The molecule has 0 aliphatic carbocycles. The molecule has 0 atom stereocenters. The lowest BCUT2D eigenvalue weighted by Crippen LogP contribution is -2.33. The number of halogens is 5. The highest BCUT2D eigenvalue weighted by Crippen LogP contribution is 2.46. The van der Waals surface area contributed by atoms with Gasteiger partial charge in [-0.15, -0.1) is 0 Å². The van der Waals surface area contributed by atoms with Crippen molar-refractivity contribution < 1.29 is 45.8 Å². The van der Waals surface area contributed by atoms with Gasteiger partial charge in [-0.25, -0.2) is 0 Å². The fourth-order valence-corrected chi connectivity index (χ4v) is 3.29. The first-order chi connectivity index (χ1) is 16.9. The molecular weight excluding hydrogens is 489 g/mol. The Balaban J connectivity index is 2.07. The summed E-state index contributed by atoms with van der Waals surface area (Å²) in [5.74, 6) is -6.75. The maximum atomic E-state index is 14.1. The van der Waals surface area contributed by atoms with Gasteiger partial charge in [-0.2, -0.15) is 22.0 Å². The Labute approximate surface area is 202 Å². The quantitative estimate of drug-likeness (QED) is 0.297. The van der Waals surface area contributed by atoms with E-state index in [-0.39, 0.29) is 29.0 Å². The van der Waals surface area contributed by atoms with E-state index in [1.54, 1.807) is 0 Å². The average molecular weight is 509 g/mol. The highest BCUT2D eigenvalue weighted by molar-refractivity contribution is 6.00. The molecule has 0 heterocycles. The zero-order valence-electron chi connectivity index (χ0n) is 19.0. The monoisotopic (exact) mass is 509 g/mol. The van der Waals surface area contributed by atoms with E-state index in [4.69, 9.17) is 19.9 Å². The van der Waals surface area contributed by atoms with Crippen LogP contribution in [-0.2, 0) is 12.3 Å². The summed E-state index contributed by atoms with van der Waals surface area (Å²) in [7, 11) is 2.68. The third-order valence-electron chi connectivity index (χ3n) is 5.17. The van der Waals surface area contributed by atoms with Crippen molar-refractivity contribution in [1.29, 1.82) is 0 Å². The molecule has 0 radical (unpaired) electrons. The van der Waals surface area contributed by atoms with Crippen molar-refractivity contribution in [2.75, 3.05) is 14.2 Å². The van der Waals surface area contributed by atoms with Crippen LogP contribution in [0, 0.1) is 0 Å². The zero-order chi connectivity index (χ0) is 26.7. The minimum atomic E-state index is -5.87. The number of nitrogens with two attached hydrogens (primary N) is 1. The molecule has 3 aromatic rings. The minimum Gasteiger partial charge on any atom is -0.497 e. The van der Waals surface area contributed by atoms with Crippen molar-refractivity contribution in [3.8, 4) is 23.0 Å². The van der Waals surface area contributed by atoms with Crippen LogP contribution in [-0.4, -0.2) is 32.1 Å². The summed E-state index contributed by atoms with van der Waals surface area (Å²) < 4.78 is 83.0. The topological polar surface area (TPSA) is 87.9 Å². The molecule has 0 bridgehead atoms. The molecule has 11 heteroatoms. The van der Waals surface area contributed by atoms with Crippen molar-refractivity contribution in [1.82, 2.24) is 0 Å². The lowest BCUT2D eigenvalue weighted by Gasteiger charge is -2.21. The third kappa shape index (κ3) is 5.56. The first kappa shape index (κ1) is 26.5. The maximum Gasteiger partial charge on any atom is 0.458 e. The van der Waals surface area contributed by atoms with E-state index in [0.717, 1.165) is 6.07 Å². The van der Waals surface area contributed by atoms with Gasteiger partial charge in [-0.1, -0.05) is 18.2 Å². The van der Waals surface area contributed by atoms with Gasteiger partial charge in [0.15, 0.2) is 17.3 Å². The number of ketones is 1. The van der Waals surface area contributed by atoms with Crippen LogP contribution in [0.1, 0.15) is 31.8 Å². The normalized spacial score (nSPS) is 11.6. The van der Waals surface area contributed by atoms with Crippen LogP contribution in [0.4, 0.5) is 22.0 Å².